The van der Waals surface area contributed by atoms with Crippen LogP contribution in [0.4, 0.5) is 10.1 Å². The minimum absolute atomic E-state index is 0.105. The maximum Gasteiger partial charge on any atom is 0.183 e. The summed E-state index contributed by atoms with van der Waals surface area (Å²) < 4.78 is 18.4. The zero-order chi connectivity index (χ0) is 13.5. The zero-order valence-corrected chi connectivity index (χ0v) is 11.9. The molecule has 1 aliphatic rings. The summed E-state index contributed by atoms with van der Waals surface area (Å²) in [7, 11) is 1.44. The predicted octanol–water partition coefficient (Wildman–Crippen LogP) is 2.92. The molecule has 0 radical (unpaired) electrons. The molecule has 1 heterocycles. The van der Waals surface area contributed by atoms with Gasteiger partial charge in [-0.2, -0.15) is 0 Å². The van der Waals surface area contributed by atoms with E-state index < -0.39 is 5.82 Å². The van der Waals surface area contributed by atoms with Crippen molar-refractivity contribution in [1.82, 2.24) is 5.32 Å². The van der Waals surface area contributed by atoms with Crippen molar-refractivity contribution in [3.05, 3.63) is 23.0 Å². The average molecular weight is 275 g/mol. The maximum atomic E-state index is 13.5. The second-order valence-electron chi connectivity index (χ2n) is 3.68. The molecule has 3 nitrogen and oxygen atoms in total. The number of halogens is 2. The van der Waals surface area contributed by atoms with Crippen LogP contribution in [-0.4, -0.2) is 33.3 Å². The Labute approximate surface area is 113 Å². The lowest BCUT2D eigenvalue weighted by Crippen LogP contribution is -2.43. The molecule has 0 bridgehead atoms. The SMILES string of the molecule is CC.COc1cc(N2CCNCC2)cc(Cl)c1F. The molecular formula is C13H20ClFN2O. The number of methoxy groups -OCH3 is 1. The van der Waals surface area contributed by atoms with E-state index in [-0.39, 0.29) is 10.8 Å². The van der Waals surface area contributed by atoms with Crippen LogP contribution in [0.2, 0.25) is 5.02 Å². The molecule has 1 fully saturated rings. The molecule has 1 saturated heterocycles. The van der Waals surface area contributed by atoms with Gasteiger partial charge in [0, 0.05) is 37.9 Å². The summed E-state index contributed by atoms with van der Waals surface area (Å²) in [6.45, 7) is 7.64. The van der Waals surface area contributed by atoms with Crippen molar-refractivity contribution in [2.75, 3.05) is 38.2 Å². The molecule has 0 amide bonds. The summed E-state index contributed by atoms with van der Waals surface area (Å²) in [6, 6.07) is 3.33. The minimum Gasteiger partial charge on any atom is -0.494 e. The standard InChI is InChI=1S/C11H14ClFN2O.C2H6/c1-16-10-7-8(6-9(12)11(10)13)15-4-2-14-3-5-15;1-2/h6-7,14H,2-5H2,1H3;1-2H3. The highest BCUT2D eigenvalue weighted by atomic mass is 35.5. The largest absolute Gasteiger partial charge is 0.494 e. The molecule has 18 heavy (non-hydrogen) atoms. The first-order chi connectivity index (χ1) is 8.72. The monoisotopic (exact) mass is 274 g/mol. The van der Waals surface area contributed by atoms with Crippen LogP contribution < -0.4 is 15.0 Å². The van der Waals surface area contributed by atoms with Crippen molar-refractivity contribution in [2.24, 2.45) is 0 Å². The molecule has 1 aromatic rings. The third kappa shape index (κ3) is 3.50. The fourth-order valence-electron chi connectivity index (χ4n) is 1.80. The Morgan fingerprint density at radius 3 is 2.44 bits per heavy atom. The molecule has 5 heteroatoms. The fourth-order valence-corrected chi connectivity index (χ4v) is 2.01. The summed E-state index contributed by atoms with van der Waals surface area (Å²) >= 11 is 5.82. The quantitative estimate of drug-likeness (QED) is 0.897. The highest BCUT2D eigenvalue weighted by Gasteiger charge is 2.15. The van der Waals surface area contributed by atoms with Crippen molar-refractivity contribution in [3.8, 4) is 5.75 Å². The Balaban J connectivity index is 0.000000771. The van der Waals surface area contributed by atoms with Crippen LogP contribution in [0.1, 0.15) is 13.8 Å². The topological polar surface area (TPSA) is 24.5 Å². The Kier molecular flexibility index (Phi) is 6.22. The number of nitrogens with one attached hydrogen (secondary N) is 1. The molecule has 0 saturated carbocycles. The molecule has 1 aliphatic heterocycles. The third-order valence-corrected chi connectivity index (χ3v) is 2.96. The molecule has 1 aromatic carbocycles. The van der Waals surface area contributed by atoms with E-state index in [1.807, 2.05) is 13.8 Å². The smallest absolute Gasteiger partial charge is 0.183 e. The van der Waals surface area contributed by atoms with Crippen LogP contribution in [0, 0.1) is 5.82 Å². The lowest BCUT2D eigenvalue weighted by Gasteiger charge is -2.29. The molecule has 0 spiro atoms. The van der Waals surface area contributed by atoms with Crippen molar-refractivity contribution >= 4 is 17.3 Å². The van der Waals surface area contributed by atoms with Gasteiger partial charge in [-0.15, -0.1) is 0 Å². The third-order valence-electron chi connectivity index (χ3n) is 2.68. The Morgan fingerprint density at radius 1 is 1.28 bits per heavy atom. The van der Waals surface area contributed by atoms with Gasteiger partial charge in [0.05, 0.1) is 12.1 Å². The van der Waals surface area contributed by atoms with E-state index in [0.717, 1.165) is 31.9 Å². The summed E-state index contributed by atoms with van der Waals surface area (Å²) in [6.07, 6.45) is 0. The van der Waals surface area contributed by atoms with Crippen LogP contribution >= 0.6 is 11.6 Å². The van der Waals surface area contributed by atoms with Gasteiger partial charge < -0.3 is 15.0 Å². The number of ether oxygens (including phenoxy) is 1. The molecule has 0 unspecified atom stereocenters. The zero-order valence-electron chi connectivity index (χ0n) is 11.1. The fraction of sp³-hybridized carbons (Fsp3) is 0.538. The molecule has 0 atom stereocenters. The van der Waals surface area contributed by atoms with E-state index in [4.69, 9.17) is 16.3 Å². The van der Waals surface area contributed by atoms with E-state index in [9.17, 15) is 4.39 Å². The number of nitrogens with zero attached hydrogens (tertiary/aromatic N) is 1. The highest BCUT2D eigenvalue weighted by Crippen LogP contribution is 2.31. The lowest BCUT2D eigenvalue weighted by atomic mass is 10.2. The maximum absolute atomic E-state index is 13.5. The van der Waals surface area contributed by atoms with Gasteiger partial charge in [0.2, 0.25) is 0 Å². The molecule has 0 aliphatic carbocycles. The van der Waals surface area contributed by atoms with Crippen LogP contribution in [0.3, 0.4) is 0 Å². The van der Waals surface area contributed by atoms with Crippen molar-refractivity contribution < 1.29 is 9.13 Å². The van der Waals surface area contributed by atoms with E-state index in [2.05, 4.69) is 10.2 Å². The van der Waals surface area contributed by atoms with Gasteiger partial charge in [0.1, 0.15) is 0 Å². The number of benzene rings is 1. The highest BCUT2D eigenvalue weighted by molar-refractivity contribution is 6.31. The second kappa shape index (κ2) is 7.44. The molecular weight excluding hydrogens is 255 g/mol. The van der Waals surface area contributed by atoms with Crippen LogP contribution in [0.5, 0.6) is 5.75 Å². The first-order valence-electron chi connectivity index (χ1n) is 6.21. The normalized spacial score (nSPS) is 14.8. The first kappa shape index (κ1) is 15.1. The minimum atomic E-state index is -0.497. The van der Waals surface area contributed by atoms with Crippen molar-refractivity contribution in [1.29, 1.82) is 0 Å². The van der Waals surface area contributed by atoms with Gasteiger partial charge >= 0.3 is 0 Å². The summed E-state index contributed by atoms with van der Waals surface area (Å²) in [5.41, 5.74) is 0.907. The number of anilines is 1. The summed E-state index contributed by atoms with van der Waals surface area (Å²) in [5.74, 6) is -0.302. The summed E-state index contributed by atoms with van der Waals surface area (Å²) in [4.78, 5) is 2.16. The number of hydrogen-bond acceptors (Lipinski definition) is 3. The van der Waals surface area contributed by atoms with Crippen LogP contribution in [-0.2, 0) is 0 Å². The van der Waals surface area contributed by atoms with Gasteiger partial charge in [-0.3, -0.25) is 0 Å². The summed E-state index contributed by atoms with van der Waals surface area (Å²) in [5, 5.41) is 3.36. The van der Waals surface area contributed by atoms with Gasteiger partial charge in [-0.1, -0.05) is 25.4 Å². The van der Waals surface area contributed by atoms with Crippen molar-refractivity contribution in [3.63, 3.8) is 0 Å². The van der Waals surface area contributed by atoms with E-state index >= 15 is 0 Å². The van der Waals surface area contributed by atoms with Gasteiger partial charge in [0.25, 0.3) is 0 Å². The van der Waals surface area contributed by atoms with Crippen molar-refractivity contribution in [2.45, 2.75) is 13.8 Å². The Morgan fingerprint density at radius 2 is 1.89 bits per heavy atom. The average Bonchev–Trinajstić information content (AvgIpc) is 2.45. The van der Waals surface area contributed by atoms with Crippen LogP contribution in [0.25, 0.3) is 0 Å². The molecule has 0 aromatic heterocycles. The van der Waals surface area contributed by atoms with Crippen LogP contribution in [0.15, 0.2) is 12.1 Å². The lowest BCUT2D eigenvalue weighted by molar-refractivity contribution is 0.386. The number of piperazine rings is 1. The Hall–Kier alpha value is -1.00. The first-order valence-corrected chi connectivity index (χ1v) is 6.59. The molecule has 2 rings (SSSR count). The predicted molar refractivity (Wildman–Crippen MR) is 74.4 cm³/mol. The second-order valence-corrected chi connectivity index (χ2v) is 4.09. The molecule has 1 N–H and O–H groups in total. The number of hydrogen-bond donors (Lipinski definition) is 1. The van der Waals surface area contributed by atoms with Gasteiger partial charge in [0.15, 0.2) is 11.6 Å². The van der Waals surface area contributed by atoms with E-state index in [1.165, 1.54) is 7.11 Å². The number of rotatable bonds is 2. The van der Waals surface area contributed by atoms with E-state index in [1.54, 1.807) is 12.1 Å². The molecule has 102 valence electrons. The van der Waals surface area contributed by atoms with Gasteiger partial charge in [-0.25, -0.2) is 4.39 Å². The van der Waals surface area contributed by atoms with Gasteiger partial charge in [-0.05, 0) is 6.07 Å². The van der Waals surface area contributed by atoms with E-state index in [0.29, 0.717) is 0 Å². The Bertz CT molecular complexity index is 381.